The second kappa shape index (κ2) is 9.51. The van der Waals surface area contributed by atoms with Gasteiger partial charge in [-0.15, -0.1) is 6.58 Å². The number of rotatable bonds is 6. The Hall–Kier alpha value is -2.51. The second-order valence-corrected chi connectivity index (χ2v) is 11.6. The molecule has 1 fully saturated rings. The lowest BCUT2D eigenvalue weighted by Crippen LogP contribution is -2.38. The molecule has 2 heterocycles. The first-order valence-electron chi connectivity index (χ1n) is 11.5. The zero-order valence-corrected chi connectivity index (χ0v) is 21.3. The van der Waals surface area contributed by atoms with Crippen molar-refractivity contribution in [1.29, 1.82) is 0 Å². The van der Waals surface area contributed by atoms with Gasteiger partial charge in [-0.05, 0) is 66.9 Å². The molecule has 2 aliphatic rings. The summed E-state index contributed by atoms with van der Waals surface area (Å²) < 4.78 is 41.3. The molecule has 3 aromatic carbocycles. The first-order chi connectivity index (χ1) is 16.8. The molecule has 0 aliphatic carbocycles. The third-order valence-electron chi connectivity index (χ3n) is 6.47. The fourth-order valence-corrected chi connectivity index (χ4v) is 6.89. The van der Waals surface area contributed by atoms with Crippen LogP contribution < -0.4 is 9.47 Å². The van der Waals surface area contributed by atoms with Crippen molar-refractivity contribution in [2.24, 2.45) is 0 Å². The van der Waals surface area contributed by atoms with Crippen molar-refractivity contribution >= 4 is 33.2 Å². The molecule has 3 aromatic rings. The van der Waals surface area contributed by atoms with Crippen molar-refractivity contribution in [1.82, 2.24) is 4.31 Å². The molecule has 0 amide bonds. The van der Waals surface area contributed by atoms with Crippen LogP contribution in [0.25, 0.3) is 0 Å². The maximum absolute atomic E-state index is 13.4. The average molecular weight is 530 g/mol. The van der Waals surface area contributed by atoms with Crippen LogP contribution in [0.1, 0.15) is 41.2 Å². The highest BCUT2D eigenvalue weighted by atomic mass is 35.5. The van der Waals surface area contributed by atoms with Crippen LogP contribution in [0.3, 0.4) is 0 Å². The van der Waals surface area contributed by atoms with Gasteiger partial charge in [0.15, 0.2) is 11.5 Å². The molecule has 8 heteroatoms. The Balaban J connectivity index is 1.56. The molecule has 5 rings (SSSR count). The molecule has 182 valence electrons. The van der Waals surface area contributed by atoms with Crippen molar-refractivity contribution < 1.29 is 17.9 Å². The zero-order chi connectivity index (χ0) is 24.6. The standard InChI is InChI=1S/C27H25Cl2NO4S/c1-2-26(35(31,32)30-16-6-3-7-17-30)19-10-15-24-25(18-19)34-27(33-24,20-11-13-21(28)14-12-20)22-8-4-5-9-23(22)29/h2,4-5,8-15,18,26H,1,3,6-7,16-17H2. The van der Waals surface area contributed by atoms with Crippen LogP contribution in [0.15, 0.2) is 79.4 Å². The molecule has 2 aliphatic heterocycles. The summed E-state index contributed by atoms with van der Waals surface area (Å²) in [6.45, 7) is 4.89. The molecule has 0 aromatic heterocycles. The van der Waals surface area contributed by atoms with Gasteiger partial charge < -0.3 is 9.47 Å². The molecule has 1 saturated heterocycles. The summed E-state index contributed by atoms with van der Waals surface area (Å²) in [5, 5.41) is 0.171. The number of ether oxygens (including phenoxy) is 2. The maximum Gasteiger partial charge on any atom is 0.307 e. The number of halogens is 2. The van der Waals surface area contributed by atoms with Crippen molar-refractivity contribution in [2.45, 2.75) is 30.3 Å². The van der Waals surface area contributed by atoms with E-state index in [0.717, 1.165) is 19.3 Å². The van der Waals surface area contributed by atoms with Gasteiger partial charge in [-0.1, -0.05) is 53.9 Å². The Morgan fingerprint density at radius 1 is 0.914 bits per heavy atom. The summed E-state index contributed by atoms with van der Waals surface area (Å²) in [5.74, 6) is -0.431. The summed E-state index contributed by atoms with van der Waals surface area (Å²) in [5.41, 5.74) is 1.90. The van der Waals surface area contributed by atoms with Gasteiger partial charge in [0.1, 0.15) is 5.25 Å². The fraction of sp³-hybridized carbons (Fsp3) is 0.259. The van der Waals surface area contributed by atoms with E-state index in [2.05, 4.69) is 6.58 Å². The van der Waals surface area contributed by atoms with Crippen LogP contribution in [0, 0.1) is 0 Å². The lowest BCUT2D eigenvalue weighted by atomic mass is 9.97. The van der Waals surface area contributed by atoms with Crippen molar-refractivity contribution in [2.75, 3.05) is 13.1 Å². The summed E-state index contributed by atoms with van der Waals surface area (Å²) in [4.78, 5) is 0. The Morgan fingerprint density at radius 3 is 2.29 bits per heavy atom. The smallest absolute Gasteiger partial charge is 0.307 e. The van der Waals surface area contributed by atoms with Crippen molar-refractivity contribution in [3.8, 4) is 11.5 Å². The van der Waals surface area contributed by atoms with Crippen molar-refractivity contribution in [3.63, 3.8) is 0 Å². The number of hydrogen-bond acceptors (Lipinski definition) is 4. The zero-order valence-electron chi connectivity index (χ0n) is 19.0. The number of hydrogen-bond donors (Lipinski definition) is 0. The number of piperidine rings is 1. The van der Waals surface area contributed by atoms with Crippen molar-refractivity contribution in [3.05, 3.63) is 106 Å². The Labute approximate surface area is 215 Å². The molecule has 35 heavy (non-hydrogen) atoms. The molecule has 0 saturated carbocycles. The predicted octanol–water partition coefficient (Wildman–Crippen LogP) is 6.71. The van der Waals surface area contributed by atoms with Gasteiger partial charge in [0.2, 0.25) is 10.0 Å². The van der Waals surface area contributed by atoms with Gasteiger partial charge in [-0.2, -0.15) is 0 Å². The quantitative estimate of drug-likeness (QED) is 0.333. The van der Waals surface area contributed by atoms with Crippen LogP contribution in [0.2, 0.25) is 10.0 Å². The number of nitrogens with zero attached hydrogens (tertiary/aromatic N) is 1. The fourth-order valence-electron chi connectivity index (χ4n) is 4.69. The molecule has 2 unspecified atom stereocenters. The van der Waals surface area contributed by atoms with Crippen LogP contribution in [0.4, 0.5) is 0 Å². The minimum Gasteiger partial charge on any atom is -0.440 e. The monoisotopic (exact) mass is 529 g/mol. The third-order valence-corrected chi connectivity index (χ3v) is 9.24. The first kappa shape index (κ1) is 24.2. The van der Waals surface area contributed by atoms with E-state index in [4.69, 9.17) is 32.7 Å². The van der Waals surface area contributed by atoms with E-state index < -0.39 is 21.1 Å². The SMILES string of the molecule is C=CC(c1ccc2c(c1)OC(c1ccc(Cl)cc1)(c1ccccc1Cl)O2)S(=O)(=O)N1CCCCC1. The third kappa shape index (κ3) is 4.33. The molecule has 0 spiro atoms. The topological polar surface area (TPSA) is 55.8 Å². The summed E-state index contributed by atoms with van der Waals surface area (Å²) in [7, 11) is -3.61. The highest BCUT2D eigenvalue weighted by Gasteiger charge is 2.47. The number of sulfonamides is 1. The number of benzene rings is 3. The van der Waals surface area contributed by atoms with E-state index in [1.54, 1.807) is 40.7 Å². The van der Waals surface area contributed by atoms with E-state index in [1.165, 1.54) is 6.08 Å². The molecular weight excluding hydrogens is 505 g/mol. The van der Waals surface area contributed by atoms with Crippen LogP contribution >= 0.6 is 23.2 Å². The van der Waals surface area contributed by atoms with Gasteiger partial charge in [-0.3, -0.25) is 0 Å². The number of fused-ring (bicyclic) bond motifs is 1. The Bertz CT molecular complexity index is 1350. The predicted molar refractivity (Wildman–Crippen MR) is 139 cm³/mol. The van der Waals surface area contributed by atoms with Crippen LogP contribution in [-0.4, -0.2) is 25.8 Å². The van der Waals surface area contributed by atoms with Gasteiger partial charge in [0.25, 0.3) is 0 Å². The highest BCUT2D eigenvalue weighted by Crippen LogP contribution is 2.50. The molecular formula is C27H25Cl2NO4S. The van der Waals surface area contributed by atoms with Crippen LogP contribution in [-0.2, 0) is 15.8 Å². The summed E-state index contributed by atoms with van der Waals surface area (Å²) >= 11 is 12.7. The minimum atomic E-state index is -3.61. The second-order valence-electron chi connectivity index (χ2n) is 8.67. The van der Waals surface area contributed by atoms with E-state index in [1.807, 2.05) is 30.3 Å². The highest BCUT2D eigenvalue weighted by molar-refractivity contribution is 7.89. The molecule has 0 radical (unpaired) electrons. The van der Waals surface area contributed by atoms with Gasteiger partial charge in [-0.25, -0.2) is 12.7 Å². The van der Waals surface area contributed by atoms with E-state index >= 15 is 0 Å². The molecule has 2 atom stereocenters. The average Bonchev–Trinajstić information content (AvgIpc) is 3.25. The largest absolute Gasteiger partial charge is 0.440 e. The normalized spacial score (nSPS) is 21.0. The molecule has 0 N–H and O–H groups in total. The van der Waals surface area contributed by atoms with E-state index in [-0.39, 0.29) is 0 Å². The van der Waals surface area contributed by atoms with E-state index in [9.17, 15) is 8.42 Å². The van der Waals surface area contributed by atoms with Gasteiger partial charge in [0.05, 0.1) is 10.6 Å². The summed E-state index contributed by atoms with van der Waals surface area (Å²) in [6.07, 6.45) is 4.25. The summed E-state index contributed by atoms with van der Waals surface area (Å²) in [6, 6.07) is 19.7. The van der Waals surface area contributed by atoms with Gasteiger partial charge >= 0.3 is 5.79 Å². The Morgan fingerprint density at radius 2 is 1.60 bits per heavy atom. The lowest BCUT2D eigenvalue weighted by molar-refractivity contribution is -0.0458. The Kier molecular flexibility index (Phi) is 6.57. The molecule has 0 bridgehead atoms. The lowest BCUT2D eigenvalue weighted by Gasteiger charge is -2.29. The van der Waals surface area contributed by atoms with E-state index in [0.29, 0.717) is 51.3 Å². The minimum absolute atomic E-state index is 0.429. The molecule has 5 nitrogen and oxygen atoms in total. The maximum atomic E-state index is 13.4. The van der Waals surface area contributed by atoms with Crippen LogP contribution in [0.5, 0.6) is 11.5 Å². The first-order valence-corrected chi connectivity index (χ1v) is 13.8. The van der Waals surface area contributed by atoms with Gasteiger partial charge in [0, 0.05) is 23.7 Å².